The highest BCUT2D eigenvalue weighted by Crippen LogP contribution is 2.18. The van der Waals surface area contributed by atoms with E-state index in [2.05, 4.69) is 0 Å². The number of carboxylic acids is 1. The van der Waals surface area contributed by atoms with Crippen LogP contribution in [0.2, 0.25) is 0 Å². The van der Waals surface area contributed by atoms with Crippen LogP contribution in [-0.4, -0.2) is 40.8 Å². The minimum absolute atomic E-state index is 0.00854. The third-order valence-corrected chi connectivity index (χ3v) is 3.07. The van der Waals surface area contributed by atoms with E-state index in [4.69, 9.17) is 14.6 Å². The van der Waals surface area contributed by atoms with Crippen LogP contribution in [0.3, 0.4) is 0 Å². The van der Waals surface area contributed by atoms with Gasteiger partial charge in [0.2, 0.25) is 0 Å². The van der Waals surface area contributed by atoms with Crippen molar-refractivity contribution in [2.24, 2.45) is 0 Å². The standard InChI is InChI=1S/C14H15NO6/c16-12(17)7-6-11-13(18)21-9-15(11)14(19)20-8-10-4-2-1-3-5-10/h1-5,11H,6-9H2,(H,16,17)/t11-/m1/s1. The van der Waals surface area contributed by atoms with Crippen LogP contribution in [0.5, 0.6) is 0 Å². The van der Waals surface area contributed by atoms with Gasteiger partial charge in [-0.05, 0) is 12.0 Å². The minimum atomic E-state index is -1.03. The van der Waals surface area contributed by atoms with Gasteiger partial charge in [-0.2, -0.15) is 0 Å². The first-order chi connectivity index (χ1) is 10.1. The van der Waals surface area contributed by atoms with Gasteiger partial charge in [0.15, 0.2) is 6.73 Å². The number of rotatable bonds is 5. The fourth-order valence-corrected chi connectivity index (χ4v) is 1.96. The number of ether oxygens (including phenoxy) is 2. The second kappa shape index (κ2) is 6.74. The molecule has 0 unspecified atom stereocenters. The van der Waals surface area contributed by atoms with Crippen molar-refractivity contribution in [2.45, 2.75) is 25.5 Å². The molecule has 1 aromatic carbocycles. The first-order valence-corrected chi connectivity index (χ1v) is 6.43. The second-order valence-corrected chi connectivity index (χ2v) is 4.55. The van der Waals surface area contributed by atoms with E-state index in [-0.39, 0.29) is 26.2 Å². The molecule has 112 valence electrons. The first kappa shape index (κ1) is 14.8. The molecule has 0 radical (unpaired) electrons. The van der Waals surface area contributed by atoms with Crippen LogP contribution in [0.15, 0.2) is 30.3 Å². The van der Waals surface area contributed by atoms with Crippen molar-refractivity contribution in [3.8, 4) is 0 Å². The summed E-state index contributed by atoms with van der Waals surface area (Å²) in [5.74, 6) is -1.64. The van der Waals surface area contributed by atoms with E-state index in [1.54, 1.807) is 12.1 Å². The van der Waals surface area contributed by atoms with Crippen molar-refractivity contribution in [1.82, 2.24) is 4.90 Å². The Morgan fingerprint density at radius 1 is 1.33 bits per heavy atom. The first-order valence-electron chi connectivity index (χ1n) is 6.43. The highest BCUT2D eigenvalue weighted by atomic mass is 16.6. The molecule has 1 heterocycles. The summed E-state index contributed by atoms with van der Waals surface area (Å²) < 4.78 is 9.88. The largest absolute Gasteiger partial charge is 0.481 e. The maximum Gasteiger partial charge on any atom is 0.413 e. The maximum atomic E-state index is 11.9. The molecule has 1 aliphatic heterocycles. The Kier molecular flexibility index (Phi) is 4.76. The topological polar surface area (TPSA) is 93.1 Å². The lowest BCUT2D eigenvalue weighted by Gasteiger charge is -2.19. The molecule has 0 saturated carbocycles. The molecule has 2 rings (SSSR count). The number of carboxylic acid groups (broad SMARTS) is 1. The van der Waals surface area contributed by atoms with Crippen LogP contribution in [0, 0.1) is 0 Å². The van der Waals surface area contributed by atoms with E-state index >= 15 is 0 Å². The molecule has 21 heavy (non-hydrogen) atoms. The molecule has 7 nitrogen and oxygen atoms in total. The van der Waals surface area contributed by atoms with Gasteiger partial charge in [-0.25, -0.2) is 9.59 Å². The van der Waals surface area contributed by atoms with E-state index in [0.717, 1.165) is 10.5 Å². The summed E-state index contributed by atoms with van der Waals surface area (Å²) >= 11 is 0. The summed E-state index contributed by atoms with van der Waals surface area (Å²) in [6.45, 7) is -0.132. The quantitative estimate of drug-likeness (QED) is 0.824. The molecule has 1 aliphatic rings. The average Bonchev–Trinajstić information content (AvgIpc) is 2.85. The number of carbonyl (C=O) groups excluding carboxylic acids is 2. The lowest BCUT2D eigenvalue weighted by atomic mass is 10.1. The van der Waals surface area contributed by atoms with Gasteiger partial charge >= 0.3 is 18.0 Å². The van der Waals surface area contributed by atoms with Gasteiger partial charge in [0.1, 0.15) is 12.6 Å². The monoisotopic (exact) mass is 293 g/mol. The van der Waals surface area contributed by atoms with Gasteiger partial charge in [-0.3, -0.25) is 9.69 Å². The number of amides is 1. The summed E-state index contributed by atoms with van der Waals surface area (Å²) in [4.78, 5) is 35.1. The summed E-state index contributed by atoms with van der Waals surface area (Å²) in [5, 5.41) is 8.65. The van der Waals surface area contributed by atoms with Crippen LogP contribution in [0.1, 0.15) is 18.4 Å². The van der Waals surface area contributed by atoms with E-state index in [1.807, 2.05) is 18.2 Å². The number of esters is 1. The van der Waals surface area contributed by atoms with E-state index in [1.165, 1.54) is 0 Å². The zero-order valence-corrected chi connectivity index (χ0v) is 11.2. The third kappa shape index (κ3) is 3.95. The fourth-order valence-electron chi connectivity index (χ4n) is 1.96. The van der Waals surface area contributed by atoms with E-state index in [0.29, 0.717) is 0 Å². The van der Waals surface area contributed by atoms with Crippen LogP contribution >= 0.6 is 0 Å². The Bertz CT molecular complexity index is 530. The minimum Gasteiger partial charge on any atom is -0.481 e. The SMILES string of the molecule is O=C(O)CC[C@@H]1C(=O)OCN1C(=O)OCc1ccccc1. The predicted octanol–water partition coefficient (Wildman–Crippen LogP) is 1.37. The van der Waals surface area contributed by atoms with Crippen molar-refractivity contribution in [3.05, 3.63) is 35.9 Å². The van der Waals surface area contributed by atoms with Crippen LogP contribution in [-0.2, 0) is 25.7 Å². The summed E-state index contributed by atoms with van der Waals surface area (Å²) in [6.07, 6.45) is -0.906. The molecular weight excluding hydrogens is 278 g/mol. The molecule has 1 aromatic rings. The molecule has 0 spiro atoms. The summed E-state index contributed by atoms with van der Waals surface area (Å²) in [5.41, 5.74) is 0.819. The molecule has 1 amide bonds. The molecule has 0 aromatic heterocycles. The van der Waals surface area contributed by atoms with Crippen molar-refractivity contribution >= 4 is 18.0 Å². The Morgan fingerprint density at radius 2 is 2.05 bits per heavy atom. The van der Waals surface area contributed by atoms with Gasteiger partial charge in [-0.15, -0.1) is 0 Å². The van der Waals surface area contributed by atoms with Crippen LogP contribution < -0.4 is 0 Å². The van der Waals surface area contributed by atoms with Crippen LogP contribution in [0.25, 0.3) is 0 Å². The fraction of sp³-hybridized carbons (Fsp3) is 0.357. The maximum absolute atomic E-state index is 11.9. The van der Waals surface area contributed by atoms with Gasteiger partial charge in [0.25, 0.3) is 0 Å². The number of cyclic esters (lactones) is 1. The van der Waals surface area contributed by atoms with Gasteiger partial charge in [-0.1, -0.05) is 30.3 Å². The molecule has 1 saturated heterocycles. The lowest BCUT2D eigenvalue weighted by Crippen LogP contribution is -2.38. The smallest absolute Gasteiger partial charge is 0.413 e. The summed E-state index contributed by atoms with van der Waals surface area (Å²) in [6, 6.07) is 8.20. The van der Waals surface area contributed by atoms with Gasteiger partial charge < -0.3 is 14.6 Å². The van der Waals surface area contributed by atoms with Crippen molar-refractivity contribution < 1.29 is 29.0 Å². The van der Waals surface area contributed by atoms with Crippen molar-refractivity contribution in [1.29, 1.82) is 0 Å². The molecule has 0 bridgehead atoms. The van der Waals surface area contributed by atoms with Gasteiger partial charge in [0.05, 0.1) is 0 Å². The predicted molar refractivity (Wildman–Crippen MR) is 70.1 cm³/mol. The molecule has 1 atom stereocenters. The third-order valence-electron chi connectivity index (χ3n) is 3.07. The highest BCUT2D eigenvalue weighted by molar-refractivity contribution is 5.84. The molecular formula is C14H15NO6. The number of benzene rings is 1. The zero-order valence-electron chi connectivity index (χ0n) is 11.2. The Labute approximate surface area is 121 Å². The van der Waals surface area contributed by atoms with Crippen molar-refractivity contribution in [3.63, 3.8) is 0 Å². The highest BCUT2D eigenvalue weighted by Gasteiger charge is 2.38. The Morgan fingerprint density at radius 3 is 2.71 bits per heavy atom. The van der Waals surface area contributed by atoms with Crippen LogP contribution in [0.4, 0.5) is 4.79 Å². The van der Waals surface area contributed by atoms with Gasteiger partial charge in [0, 0.05) is 6.42 Å². The summed E-state index contributed by atoms with van der Waals surface area (Å²) in [7, 11) is 0. The zero-order chi connectivity index (χ0) is 15.2. The Balaban J connectivity index is 1.91. The van der Waals surface area contributed by atoms with Crippen molar-refractivity contribution in [2.75, 3.05) is 6.73 Å². The number of nitrogens with zero attached hydrogens (tertiary/aromatic N) is 1. The molecule has 0 aliphatic carbocycles. The Hall–Kier alpha value is -2.57. The number of hydrogen-bond donors (Lipinski definition) is 1. The normalized spacial score (nSPS) is 17.4. The molecule has 7 heteroatoms. The number of hydrogen-bond acceptors (Lipinski definition) is 5. The molecule has 1 fully saturated rings. The number of carbonyl (C=O) groups is 3. The van der Waals surface area contributed by atoms with E-state index < -0.39 is 24.1 Å². The number of aliphatic carboxylic acids is 1. The second-order valence-electron chi connectivity index (χ2n) is 4.55. The van der Waals surface area contributed by atoms with E-state index in [9.17, 15) is 14.4 Å². The molecule has 1 N–H and O–H groups in total. The average molecular weight is 293 g/mol. The lowest BCUT2D eigenvalue weighted by molar-refractivity contribution is -0.140.